The lowest BCUT2D eigenvalue weighted by atomic mass is 9.95. The summed E-state index contributed by atoms with van der Waals surface area (Å²) in [5.74, 6) is -0.257. The van der Waals surface area contributed by atoms with Crippen LogP contribution >= 0.6 is 0 Å². The van der Waals surface area contributed by atoms with E-state index in [1.165, 1.54) is 0 Å². The molecular formula is C21H25N7O. The van der Waals surface area contributed by atoms with Crippen molar-refractivity contribution in [2.75, 3.05) is 22.9 Å². The van der Waals surface area contributed by atoms with Gasteiger partial charge in [-0.25, -0.2) is 4.98 Å². The van der Waals surface area contributed by atoms with Crippen molar-refractivity contribution < 1.29 is 4.79 Å². The highest BCUT2D eigenvalue weighted by Crippen LogP contribution is 2.39. The maximum Gasteiger partial charge on any atom is 0.238 e. The van der Waals surface area contributed by atoms with Gasteiger partial charge in [0, 0.05) is 30.7 Å². The molecule has 0 saturated heterocycles. The van der Waals surface area contributed by atoms with Gasteiger partial charge in [-0.15, -0.1) is 6.58 Å². The fourth-order valence-electron chi connectivity index (χ4n) is 3.63. The number of carbonyl (C=O) groups excluding carboxylic acids is 1. The number of rotatable bonds is 8. The van der Waals surface area contributed by atoms with E-state index in [4.69, 9.17) is 5.73 Å². The second-order valence-corrected chi connectivity index (χ2v) is 7.21. The number of hydrogen-bond donors (Lipinski definition) is 3. The van der Waals surface area contributed by atoms with E-state index < -0.39 is 5.92 Å². The summed E-state index contributed by atoms with van der Waals surface area (Å²) in [4.78, 5) is 22.1. The molecule has 3 aromatic rings. The van der Waals surface area contributed by atoms with E-state index >= 15 is 0 Å². The van der Waals surface area contributed by atoms with Crippen LogP contribution in [0.1, 0.15) is 43.4 Å². The van der Waals surface area contributed by atoms with E-state index in [2.05, 4.69) is 39.2 Å². The minimum atomic E-state index is -0.559. The zero-order valence-corrected chi connectivity index (χ0v) is 16.5. The third-order valence-electron chi connectivity index (χ3n) is 5.03. The minimum absolute atomic E-state index is 0.126. The van der Waals surface area contributed by atoms with Crippen LogP contribution < -0.4 is 16.4 Å². The van der Waals surface area contributed by atoms with E-state index in [0.29, 0.717) is 29.5 Å². The number of carbonyl (C=O) groups is 1. The molecule has 0 radical (unpaired) electrons. The molecule has 1 atom stereocenters. The second kappa shape index (κ2) is 7.90. The van der Waals surface area contributed by atoms with Gasteiger partial charge in [0.25, 0.3) is 0 Å². The Morgan fingerprint density at radius 1 is 1.34 bits per heavy atom. The molecule has 1 aliphatic rings. The van der Waals surface area contributed by atoms with Crippen LogP contribution in [0.3, 0.4) is 0 Å². The number of nitrogen functional groups attached to an aromatic ring is 1. The van der Waals surface area contributed by atoms with Crippen LogP contribution in [0.4, 0.5) is 17.3 Å². The number of benzene rings is 1. The van der Waals surface area contributed by atoms with Crippen LogP contribution in [-0.2, 0) is 11.3 Å². The first-order chi connectivity index (χ1) is 14.1. The van der Waals surface area contributed by atoms with E-state index in [-0.39, 0.29) is 5.91 Å². The topological polar surface area (TPSA) is 111 Å². The number of aromatic nitrogens is 4. The monoisotopic (exact) mass is 391 g/mol. The number of aryl methyl sites for hydroxylation is 1. The first kappa shape index (κ1) is 18.9. The van der Waals surface area contributed by atoms with Crippen LogP contribution in [0, 0.1) is 0 Å². The van der Waals surface area contributed by atoms with Gasteiger partial charge in [0.05, 0.1) is 11.1 Å². The van der Waals surface area contributed by atoms with Gasteiger partial charge in [-0.3, -0.25) is 9.48 Å². The highest BCUT2D eigenvalue weighted by atomic mass is 16.2. The molecule has 0 spiro atoms. The summed E-state index contributed by atoms with van der Waals surface area (Å²) in [6.07, 6.45) is 6.99. The molecule has 150 valence electrons. The Hall–Kier alpha value is -3.42. The summed E-state index contributed by atoms with van der Waals surface area (Å²) in [5.41, 5.74) is 9.38. The molecule has 4 rings (SSSR count). The van der Waals surface area contributed by atoms with Crippen LogP contribution in [0.5, 0.6) is 0 Å². The van der Waals surface area contributed by atoms with Crippen molar-refractivity contribution in [3.63, 3.8) is 0 Å². The summed E-state index contributed by atoms with van der Waals surface area (Å²) >= 11 is 0. The zero-order valence-electron chi connectivity index (χ0n) is 16.5. The van der Waals surface area contributed by atoms with Gasteiger partial charge in [0.15, 0.2) is 5.65 Å². The van der Waals surface area contributed by atoms with Gasteiger partial charge < -0.3 is 16.4 Å². The molecule has 8 nitrogen and oxygen atoms in total. The van der Waals surface area contributed by atoms with Gasteiger partial charge in [-0.05, 0) is 30.2 Å². The Labute approximate surface area is 169 Å². The summed E-state index contributed by atoms with van der Waals surface area (Å²) < 4.78 is 1.89. The third kappa shape index (κ3) is 3.65. The summed E-state index contributed by atoms with van der Waals surface area (Å²) in [5, 5.41) is 11.5. The quantitative estimate of drug-likeness (QED) is 0.309. The molecule has 0 fully saturated rings. The highest BCUT2D eigenvalue weighted by Gasteiger charge is 2.35. The average molecular weight is 391 g/mol. The Morgan fingerprint density at radius 2 is 2.21 bits per heavy atom. The number of anilines is 3. The fraction of sp³-hybridized carbons (Fsp3) is 0.333. The largest absolute Gasteiger partial charge is 0.399 e. The molecule has 0 saturated carbocycles. The maximum atomic E-state index is 12.9. The molecule has 8 heteroatoms. The summed E-state index contributed by atoms with van der Waals surface area (Å²) in [6.45, 7) is 7.21. The van der Waals surface area contributed by atoms with E-state index in [1.54, 1.807) is 12.1 Å². The first-order valence-electron chi connectivity index (χ1n) is 9.91. The number of hydrogen-bond acceptors (Lipinski definition) is 6. The molecule has 4 N–H and O–H groups in total. The molecule has 2 aromatic heterocycles. The van der Waals surface area contributed by atoms with E-state index in [0.717, 1.165) is 42.4 Å². The predicted molar refractivity (Wildman–Crippen MR) is 115 cm³/mol. The number of nitrogens with zero attached hydrogens (tertiary/aromatic N) is 4. The predicted octanol–water partition coefficient (Wildman–Crippen LogP) is 3.28. The molecule has 0 bridgehead atoms. The lowest BCUT2D eigenvalue weighted by Crippen LogP contribution is -2.16. The van der Waals surface area contributed by atoms with Crippen molar-refractivity contribution in [2.24, 2.45) is 0 Å². The first-order valence-corrected chi connectivity index (χ1v) is 9.91. The highest BCUT2D eigenvalue weighted by molar-refractivity contribution is 6.07. The van der Waals surface area contributed by atoms with Crippen molar-refractivity contribution in [1.82, 2.24) is 19.7 Å². The molecule has 1 aliphatic heterocycles. The molecule has 29 heavy (non-hydrogen) atoms. The molecule has 1 amide bonds. The van der Waals surface area contributed by atoms with Crippen LogP contribution in [-0.4, -0.2) is 32.2 Å². The van der Waals surface area contributed by atoms with Gasteiger partial charge in [0.1, 0.15) is 5.92 Å². The van der Waals surface area contributed by atoms with Gasteiger partial charge in [-0.1, -0.05) is 25.8 Å². The molecular weight excluding hydrogens is 366 g/mol. The molecule has 1 aromatic carbocycles. The average Bonchev–Trinajstić information content (AvgIpc) is 3.25. The SMILES string of the molecule is C=CCNc1nc(C2C(=O)Nc3ccc(N)cc32)c2cn(CCCCC)nc2n1. The maximum absolute atomic E-state index is 12.9. The number of nitrogens with one attached hydrogen (secondary N) is 2. The second-order valence-electron chi connectivity index (χ2n) is 7.21. The smallest absolute Gasteiger partial charge is 0.238 e. The molecule has 0 aliphatic carbocycles. The summed E-state index contributed by atoms with van der Waals surface area (Å²) in [6, 6.07) is 5.43. The van der Waals surface area contributed by atoms with Gasteiger partial charge >= 0.3 is 0 Å². The fourth-order valence-corrected chi connectivity index (χ4v) is 3.63. The van der Waals surface area contributed by atoms with Gasteiger partial charge in [0.2, 0.25) is 11.9 Å². The van der Waals surface area contributed by atoms with Crippen LogP contribution in [0.15, 0.2) is 37.1 Å². The van der Waals surface area contributed by atoms with E-state index in [1.807, 2.05) is 23.0 Å². The Kier molecular flexibility index (Phi) is 5.16. The van der Waals surface area contributed by atoms with E-state index in [9.17, 15) is 4.79 Å². The Morgan fingerprint density at radius 3 is 3.00 bits per heavy atom. The lowest BCUT2D eigenvalue weighted by molar-refractivity contribution is -0.116. The van der Waals surface area contributed by atoms with Crippen molar-refractivity contribution in [1.29, 1.82) is 0 Å². The number of unbranched alkanes of at least 4 members (excludes halogenated alkanes) is 2. The Bertz CT molecular complexity index is 1070. The standard InChI is InChI=1S/C21H25N7O/c1-3-5-6-10-28-12-15-18(25-21(23-9-4-2)26-19(15)27-28)17-14-11-13(22)7-8-16(14)24-20(17)29/h4,7-8,11-12,17H,2-3,5-6,9-10,22H2,1H3,(H,24,29)(H,23,26,27). The van der Waals surface area contributed by atoms with Crippen molar-refractivity contribution >= 4 is 34.3 Å². The molecule has 3 heterocycles. The third-order valence-corrected chi connectivity index (χ3v) is 5.03. The van der Waals surface area contributed by atoms with Crippen molar-refractivity contribution in [3.8, 4) is 0 Å². The molecule has 1 unspecified atom stereocenters. The normalized spacial score (nSPS) is 15.3. The lowest BCUT2D eigenvalue weighted by Gasteiger charge is -2.11. The van der Waals surface area contributed by atoms with Crippen LogP contribution in [0.25, 0.3) is 11.0 Å². The summed E-state index contributed by atoms with van der Waals surface area (Å²) in [7, 11) is 0. The van der Waals surface area contributed by atoms with Crippen molar-refractivity contribution in [2.45, 2.75) is 38.6 Å². The Balaban J connectivity index is 1.82. The zero-order chi connectivity index (χ0) is 20.4. The van der Waals surface area contributed by atoms with Crippen LogP contribution in [0.2, 0.25) is 0 Å². The number of amides is 1. The minimum Gasteiger partial charge on any atom is -0.399 e. The van der Waals surface area contributed by atoms with Gasteiger partial charge in [-0.2, -0.15) is 10.1 Å². The van der Waals surface area contributed by atoms with Crippen molar-refractivity contribution in [3.05, 3.63) is 48.3 Å². The number of fused-ring (bicyclic) bond motifs is 2. The number of nitrogens with two attached hydrogens (primary N) is 1.